The Morgan fingerprint density at radius 2 is 1.91 bits per heavy atom. The molecule has 1 heterocycles. The van der Waals surface area contributed by atoms with Gasteiger partial charge in [0.1, 0.15) is 0 Å². The summed E-state index contributed by atoms with van der Waals surface area (Å²) in [6.45, 7) is -1.69. The Labute approximate surface area is 68.6 Å². The van der Waals surface area contributed by atoms with E-state index in [-0.39, 0.29) is 0 Å². The SMILES string of the molecule is [O-]P(O)(O)=[S+]N1CCOCC1. The first kappa shape index (κ1) is 9.54. The van der Waals surface area contributed by atoms with Crippen LogP contribution in [0.2, 0.25) is 0 Å². The van der Waals surface area contributed by atoms with Crippen LogP contribution >= 0.6 is 6.72 Å². The first-order valence-corrected chi connectivity index (χ1v) is 6.15. The Kier molecular flexibility index (Phi) is 3.39. The van der Waals surface area contributed by atoms with Gasteiger partial charge in [-0.05, 0) is 0 Å². The Morgan fingerprint density at radius 3 is 2.36 bits per heavy atom. The van der Waals surface area contributed by atoms with Crippen LogP contribution in [0.5, 0.6) is 0 Å². The van der Waals surface area contributed by atoms with Crippen LogP contribution in [0.15, 0.2) is 0 Å². The van der Waals surface area contributed by atoms with Crippen LogP contribution in [0.3, 0.4) is 0 Å². The van der Waals surface area contributed by atoms with Gasteiger partial charge in [0.15, 0.2) is 0 Å². The Balaban J connectivity index is 2.47. The van der Waals surface area contributed by atoms with Crippen molar-refractivity contribution in [1.82, 2.24) is 4.31 Å². The molecule has 0 aliphatic carbocycles. The summed E-state index contributed by atoms with van der Waals surface area (Å²) < 4.78 is 6.64. The third-order valence-corrected chi connectivity index (χ3v) is 3.33. The molecule has 0 bridgehead atoms. The molecule has 1 saturated heterocycles. The number of hydrogen-bond donors (Lipinski definition) is 2. The summed E-state index contributed by atoms with van der Waals surface area (Å²) in [5.74, 6) is 0. The summed E-state index contributed by atoms with van der Waals surface area (Å²) in [7, 11) is 0. The van der Waals surface area contributed by atoms with E-state index in [1.54, 1.807) is 4.31 Å². The van der Waals surface area contributed by atoms with Crippen LogP contribution in [-0.2, 0) is 15.9 Å². The van der Waals surface area contributed by atoms with Gasteiger partial charge in [-0.2, -0.15) is 0 Å². The zero-order valence-electron chi connectivity index (χ0n) is 5.84. The molecule has 5 nitrogen and oxygen atoms in total. The van der Waals surface area contributed by atoms with Crippen molar-refractivity contribution in [1.29, 1.82) is 0 Å². The van der Waals surface area contributed by atoms with Gasteiger partial charge in [-0.3, -0.25) is 0 Å². The maximum atomic E-state index is 10.5. The van der Waals surface area contributed by atoms with E-state index < -0.39 is 6.72 Å². The minimum absolute atomic E-state index is 0.549. The minimum Gasteiger partial charge on any atom is -0.740 e. The fraction of sp³-hybridized carbons (Fsp3) is 1.00. The van der Waals surface area contributed by atoms with Crippen LogP contribution in [0, 0.1) is 0 Å². The van der Waals surface area contributed by atoms with Crippen LogP contribution in [0.1, 0.15) is 0 Å². The van der Waals surface area contributed by atoms with E-state index in [1.807, 2.05) is 0 Å². The van der Waals surface area contributed by atoms with E-state index in [0.717, 1.165) is 0 Å². The van der Waals surface area contributed by atoms with Gasteiger partial charge in [-0.1, -0.05) is 4.31 Å². The van der Waals surface area contributed by atoms with E-state index in [0.29, 0.717) is 37.4 Å². The highest BCUT2D eigenvalue weighted by Gasteiger charge is 2.21. The quantitative estimate of drug-likeness (QED) is 0.300. The maximum absolute atomic E-state index is 10.5. The molecule has 0 amide bonds. The van der Waals surface area contributed by atoms with Gasteiger partial charge in [0.2, 0.25) is 0 Å². The summed E-state index contributed by atoms with van der Waals surface area (Å²) in [5, 5.41) is 0. The van der Waals surface area contributed by atoms with Crippen molar-refractivity contribution in [2.24, 2.45) is 0 Å². The van der Waals surface area contributed by atoms with Gasteiger partial charge >= 0.3 is 17.8 Å². The molecule has 1 aliphatic rings. The van der Waals surface area contributed by atoms with Crippen molar-refractivity contribution in [3.63, 3.8) is 0 Å². The lowest BCUT2D eigenvalue weighted by molar-refractivity contribution is -0.196. The minimum atomic E-state index is -3.95. The van der Waals surface area contributed by atoms with Gasteiger partial charge in [0, 0.05) is 0 Å². The Bertz CT molecular complexity index is 167. The van der Waals surface area contributed by atoms with Crippen molar-refractivity contribution >= 4 is 17.8 Å². The number of morpholine rings is 1. The first-order chi connectivity index (χ1) is 5.08. The summed E-state index contributed by atoms with van der Waals surface area (Å²) >= 11 is 0.598. The molecule has 1 rings (SSSR count). The normalized spacial score (nSPS) is 21.7. The van der Waals surface area contributed by atoms with Crippen LogP contribution < -0.4 is 4.89 Å². The van der Waals surface area contributed by atoms with Crippen molar-refractivity contribution in [3.8, 4) is 0 Å². The summed E-state index contributed by atoms with van der Waals surface area (Å²) in [5.41, 5.74) is 0. The zero-order valence-corrected chi connectivity index (χ0v) is 7.55. The lowest BCUT2D eigenvalue weighted by atomic mass is 10.5. The number of ether oxygens (including phenoxy) is 1. The second-order valence-corrected chi connectivity index (χ2v) is 5.69. The van der Waals surface area contributed by atoms with E-state index in [2.05, 4.69) is 0 Å². The van der Waals surface area contributed by atoms with Gasteiger partial charge in [-0.25, -0.2) is 0 Å². The largest absolute Gasteiger partial charge is 0.740 e. The molecule has 0 unspecified atom stereocenters. The molecular formula is C4H10NO4PS. The predicted octanol–water partition coefficient (Wildman–Crippen LogP) is -1.66. The van der Waals surface area contributed by atoms with Crippen LogP contribution in [-0.4, -0.2) is 40.4 Å². The molecule has 66 valence electrons. The average Bonchev–Trinajstić information content (AvgIpc) is 1.85. The standard InChI is InChI=1S/C4H10NO4PS/c6-10(7,8)11-5-1-3-9-4-2-5/h1-4H2,(H2-,6,7,8). The van der Waals surface area contributed by atoms with Crippen LogP contribution in [0.4, 0.5) is 0 Å². The van der Waals surface area contributed by atoms with E-state index in [1.165, 1.54) is 0 Å². The second-order valence-electron chi connectivity index (χ2n) is 2.11. The Morgan fingerprint density at radius 1 is 1.36 bits per heavy atom. The van der Waals surface area contributed by atoms with Crippen LogP contribution in [0.25, 0.3) is 0 Å². The zero-order chi connectivity index (χ0) is 8.32. The van der Waals surface area contributed by atoms with E-state index in [9.17, 15) is 4.89 Å². The van der Waals surface area contributed by atoms with Crippen molar-refractivity contribution in [2.75, 3.05) is 26.3 Å². The van der Waals surface area contributed by atoms with Gasteiger partial charge in [0.05, 0.1) is 26.3 Å². The topological polar surface area (TPSA) is 76.0 Å². The highest BCUT2D eigenvalue weighted by molar-refractivity contribution is 8.14. The number of hydrogen-bond acceptors (Lipinski definition) is 2. The molecular weight excluding hydrogens is 189 g/mol. The van der Waals surface area contributed by atoms with Crippen molar-refractivity contribution < 1.29 is 19.4 Å². The number of nitrogens with zero attached hydrogens (tertiary/aromatic N) is 1. The molecule has 7 heteroatoms. The highest BCUT2D eigenvalue weighted by Crippen LogP contribution is 2.26. The molecule has 0 atom stereocenters. The van der Waals surface area contributed by atoms with Gasteiger partial charge in [-0.15, -0.1) is 0 Å². The molecule has 1 fully saturated rings. The molecule has 1 aliphatic heterocycles. The molecule has 0 saturated carbocycles. The summed E-state index contributed by atoms with van der Waals surface area (Å²) in [6.07, 6.45) is 0. The second kappa shape index (κ2) is 3.91. The molecule has 11 heavy (non-hydrogen) atoms. The lowest BCUT2D eigenvalue weighted by Gasteiger charge is -2.15. The molecule has 0 radical (unpaired) electrons. The monoisotopic (exact) mass is 199 g/mol. The van der Waals surface area contributed by atoms with Gasteiger partial charge < -0.3 is 19.4 Å². The van der Waals surface area contributed by atoms with Crippen molar-refractivity contribution in [3.05, 3.63) is 0 Å². The predicted molar refractivity (Wildman–Crippen MR) is 41.1 cm³/mol. The molecule has 0 aromatic carbocycles. The molecule has 0 spiro atoms. The maximum Gasteiger partial charge on any atom is 0.343 e. The van der Waals surface area contributed by atoms with Crippen molar-refractivity contribution in [2.45, 2.75) is 0 Å². The lowest BCUT2D eigenvalue weighted by Crippen LogP contribution is -2.33. The summed E-state index contributed by atoms with van der Waals surface area (Å²) in [4.78, 5) is 27.6. The molecule has 2 N–H and O–H groups in total. The summed E-state index contributed by atoms with van der Waals surface area (Å²) in [6, 6.07) is 0. The highest BCUT2D eigenvalue weighted by atomic mass is 32.5. The third kappa shape index (κ3) is 4.12. The molecule has 0 aromatic heterocycles. The average molecular weight is 199 g/mol. The number of rotatable bonds is 1. The smallest absolute Gasteiger partial charge is 0.343 e. The van der Waals surface area contributed by atoms with E-state index in [4.69, 9.17) is 14.5 Å². The third-order valence-electron chi connectivity index (χ3n) is 1.19. The first-order valence-electron chi connectivity index (χ1n) is 3.16. The van der Waals surface area contributed by atoms with Gasteiger partial charge in [0.25, 0.3) is 0 Å². The fourth-order valence-corrected chi connectivity index (χ4v) is 2.78. The Hall–Kier alpha value is 0.450. The fourth-order valence-electron chi connectivity index (χ4n) is 0.779. The van der Waals surface area contributed by atoms with E-state index >= 15 is 0 Å². The molecule has 0 aromatic rings.